The molecule has 0 saturated carbocycles. The van der Waals surface area contributed by atoms with Gasteiger partial charge in [0, 0.05) is 25.1 Å². The van der Waals surface area contributed by atoms with Crippen LogP contribution in [0.4, 0.5) is 11.4 Å². The van der Waals surface area contributed by atoms with Crippen LogP contribution in [0.1, 0.15) is 12.8 Å². The Balaban J connectivity index is 2.48. The van der Waals surface area contributed by atoms with Crippen LogP contribution in [0.2, 0.25) is 0 Å². The molecule has 1 aliphatic rings. The maximum absolute atomic E-state index is 11.6. The van der Waals surface area contributed by atoms with Crippen LogP contribution >= 0.6 is 0 Å². The second-order valence-electron chi connectivity index (χ2n) is 3.76. The number of nitro benzene ring substituents is 1. The van der Waals surface area contributed by atoms with Gasteiger partial charge in [-0.25, -0.2) is 0 Å². The maximum atomic E-state index is 11.6. The van der Waals surface area contributed by atoms with Crippen LogP contribution in [0.3, 0.4) is 0 Å². The molecule has 1 aromatic rings. The summed E-state index contributed by atoms with van der Waals surface area (Å²) in [5, 5.41) is 10.9. The fraction of sp³-hybridized carbons (Fsp3) is 0.364. The molecule has 0 radical (unpaired) electrons. The van der Waals surface area contributed by atoms with E-state index >= 15 is 0 Å². The minimum atomic E-state index is -0.486. The van der Waals surface area contributed by atoms with Crippen molar-refractivity contribution in [1.29, 1.82) is 0 Å². The van der Waals surface area contributed by atoms with Crippen molar-refractivity contribution >= 4 is 17.3 Å². The normalized spacial score (nSPS) is 15.1. The fourth-order valence-electron chi connectivity index (χ4n) is 1.90. The van der Waals surface area contributed by atoms with Gasteiger partial charge in [-0.1, -0.05) is 0 Å². The van der Waals surface area contributed by atoms with Crippen molar-refractivity contribution in [3.05, 3.63) is 28.3 Å². The number of methoxy groups -OCH3 is 1. The van der Waals surface area contributed by atoms with E-state index in [9.17, 15) is 14.9 Å². The third kappa shape index (κ3) is 2.06. The van der Waals surface area contributed by atoms with Gasteiger partial charge in [0.2, 0.25) is 5.91 Å². The van der Waals surface area contributed by atoms with Crippen LogP contribution in [-0.2, 0) is 4.79 Å². The Morgan fingerprint density at radius 2 is 2.24 bits per heavy atom. The zero-order valence-corrected chi connectivity index (χ0v) is 9.38. The van der Waals surface area contributed by atoms with Crippen LogP contribution < -0.4 is 9.64 Å². The Kier molecular flexibility index (Phi) is 2.95. The highest BCUT2D eigenvalue weighted by atomic mass is 16.6. The fourth-order valence-corrected chi connectivity index (χ4v) is 1.90. The van der Waals surface area contributed by atoms with Crippen LogP contribution in [0.25, 0.3) is 0 Å². The molecule has 6 heteroatoms. The average Bonchev–Trinajstić information content (AvgIpc) is 2.74. The molecule has 90 valence electrons. The second-order valence-corrected chi connectivity index (χ2v) is 3.76. The minimum Gasteiger partial charge on any atom is -0.497 e. The first kappa shape index (κ1) is 11.4. The lowest BCUT2D eigenvalue weighted by molar-refractivity contribution is -0.384. The predicted molar refractivity (Wildman–Crippen MR) is 61.2 cm³/mol. The van der Waals surface area contributed by atoms with Crippen LogP contribution in [0.5, 0.6) is 5.75 Å². The number of benzene rings is 1. The summed E-state index contributed by atoms with van der Waals surface area (Å²) in [6.45, 7) is 0.521. The van der Waals surface area contributed by atoms with Crippen molar-refractivity contribution in [2.45, 2.75) is 12.8 Å². The molecule has 0 unspecified atom stereocenters. The summed E-state index contributed by atoms with van der Waals surface area (Å²) in [6, 6.07) is 4.41. The van der Waals surface area contributed by atoms with Gasteiger partial charge in [0.05, 0.1) is 12.0 Å². The summed E-state index contributed by atoms with van der Waals surface area (Å²) in [7, 11) is 1.48. The first-order chi connectivity index (χ1) is 8.13. The summed E-state index contributed by atoms with van der Waals surface area (Å²) in [5.74, 6) is 0.423. The highest BCUT2D eigenvalue weighted by Gasteiger charge is 2.28. The summed E-state index contributed by atoms with van der Waals surface area (Å²) < 4.78 is 5.02. The number of nitrogens with zero attached hydrogens (tertiary/aromatic N) is 2. The molecule has 0 atom stereocenters. The van der Waals surface area contributed by atoms with E-state index in [4.69, 9.17) is 4.74 Å². The molecule has 0 spiro atoms. The molecule has 1 aliphatic heterocycles. The number of amides is 1. The molecule has 1 amide bonds. The molecule has 1 fully saturated rings. The summed E-state index contributed by atoms with van der Waals surface area (Å²) in [4.78, 5) is 23.5. The molecule has 17 heavy (non-hydrogen) atoms. The van der Waals surface area contributed by atoms with Crippen molar-refractivity contribution in [2.75, 3.05) is 18.6 Å². The smallest absolute Gasteiger partial charge is 0.293 e. The lowest BCUT2D eigenvalue weighted by Gasteiger charge is -2.16. The number of hydrogen-bond donors (Lipinski definition) is 0. The SMILES string of the molecule is COc1ccc([N+](=O)[O-])c(N2CCCC2=O)c1. The van der Waals surface area contributed by atoms with E-state index in [1.165, 1.54) is 30.2 Å². The van der Waals surface area contributed by atoms with Crippen LogP contribution in [0, 0.1) is 10.1 Å². The molecular weight excluding hydrogens is 224 g/mol. The van der Waals surface area contributed by atoms with Crippen molar-refractivity contribution in [3.8, 4) is 5.75 Å². The van der Waals surface area contributed by atoms with E-state index in [1.807, 2.05) is 0 Å². The number of carbonyl (C=O) groups is 1. The summed E-state index contributed by atoms with van der Waals surface area (Å²) in [5.41, 5.74) is 0.248. The Bertz CT molecular complexity index is 473. The van der Waals surface area contributed by atoms with Gasteiger partial charge in [-0.05, 0) is 12.5 Å². The van der Waals surface area contributed by atoms with Crippen LogP contribution in [-0.4, -0.2) is 24.5 Å². The van der Waals surface area contributed by atoms with Gasteiger partial charge < -0.3 is 9.64 Å². The molecule has 1 aromatic carbocycles. The van der Waals surface area contributed by atoms with Gasteiger partial charge in [-0.2, -0.15) is 0 Å². The average molecular weight is 236 g/mol. The van der Waals surface area contributed by atoms with E-state index in [1.54, 1.807) is 0 Å². The standard InChI is InChI=1S/C11H12N2O4/c1-17-8-4-5-9(13(15)16)10(7-8)12-6-2-3-11(12)14/h4-5,7H,2-3,6H2,1H3. The third-order valence-electron chi connectivity index (χ3n) is 2.74. The van der Waals surface area contributed by atoms with Gasteiger partial charge >= 0.3 is 0 Å². The summed E-state index contributed by atoms with van der Waals surface area (Å²) in [6.07, 6.45) is 1.17. The monoisotopic (exact) mass is 236 g/mol. The lowest BCUT2D eigenvalue weighted by Crippen LogP contribution is -2.24. The Morgan fingerprint density at radius 1 is 1.47 bits per heavy atom. The minimum absolute atomic E-state index is 0.0685. The Morgan fingerprint density at radius 3 is 2.76 bits per heavy atom. The molecule has 1 saturated heterocycles. The zero-order chi connectivity index (χ0) is 12.4. The highest BCUT2D eigenvalue weighted by Crippen LogP contribution is 2.34. The number of nitro groups is 1. The number of anilines is 1. The molecule has 1 heterocycles. The molecule has 0 aromatic heterocycles. The van der Waals surface area contributed by atoms with Gasteiger partial charge in [-0.3, -0.25) is 14.9 Å². The number of ether oxygens (including phenoxy) is 1. The van der Waals surface area contributed by atoms with Crippen LogP contribution in [0.15, 0.2) is 18.2 Å². The maximum Gasteiger partial charge on any atom is 0.293 e. The molecule has 0 aliphatic carbocycles. The topological polar surface area (TPSA) is 72.7 Å². The first-order valence-electron chi connectivity index (χ1n) is 5.26. The third-order valence-corrected chi connectivity index (χ3v) is 2.74. The van der Waals surface area contributed by atoms with E-state index in [2.05, 4.69) is 0 Å². The number of carbonyl (C=O) groups excluding carboxylic acids is 1. The summed E-state index contributed by atoms with van der Waals surface area (Å²) >= 11 is 0. The van der Waals surface area contributed by atoms with E-state index in [0.29, 0.717) is 24.4 Å². The van der Waals surface area contributed by atoms with E-state index < -0.39 is 4.92 Å². The number of rotatable bonds is 3. The van der Waals surface area contributed by atoms with Crippen molar-refractivity contribution in [1.82, 2.24) is 0 Å². The van der Waals surface area contributed by atoms with Crippen molar-refractivity contribution < 1.29 is 14.5 Å². The predicted octanol–water partition coefficient (Wildman–Crippen LogP) is 1.73. The van der Waals surface area contributed by atoms with E-state index in [0.717, 1.165) is 6.42 Å². The largest absolute Gasteiger partial charge is 0.497 e. The van der Waals surface area contributed by atoms with Crippen molar-refractivity contribution in [3.63, 3.8) is 0 Å². The van der Waals surface area contributed by atoms with Crippen molar-refractivity contribution in [2.24, 2.45) is 0 Å². The quantitative estimate of drug-likeness (QED) is 0.591. The van der Waals surface area contributed by atoms with Gasteiger partial charge in [0.1, 0.15) is 11.4 Å². The van der Waals surface area contributed by atoms with Gasteiger partial charge in [0.25, 0.3) is 5.69 Å². The molecular formula is C11H12N2O4. The lowest BCUT2D eigenvalue weighted by atomic mass is 10.2. The second kappa shape index (κ2) is 4.40. The highest BCUT2D eigenvalue weighted by molar-refractivity contribution is 5.97. The van der Waals surface area contributed by atoms with E-state index in [-0.39, 0.29) is 11.6 Å². The first-order valence-corrected chi connectivity index (χ1v) is 5.26. The number of hydrogen-bond acceptors (Lipinski definition) is 4. The Labute approximate surface area is 97.9 Å². The molecule has 0 N–H and O–H groups in total. The molecule has 0 bridgehead atoms. The molecule has 6 nitrogen and oxygen atoms in total. The molecule has 2 rings (SSSR count). The zero-order valence-electron chi connectivity index (χ0n) is 9.38. The van der Waals surface area contributed by atoms with Gasteiger partial charge in [-0.15, -0.1) is 0 Å². The Hall–Kier alpha value is -2.11. The van der Waals surface area contributed by atoms with Gasteiger partial charge in [0.15, 0.2) is 0 Å².